The number of hydrogen-bond acceptors (Lipinski definition) is 7. The SMILES string of the molecule is COc1ccc(/C=C2/ON(CCCCCCC(=O)O)OS2)c(OC)c1. The summed E-state index contributed by atoms with van der Waals surface area (Å²) < 4.78 is 15.9. The topological polar surface area (TPSA) is 77.5 Å². The van der Waals surface area contributed by atoms with Crippen LogP contribution < -0.4 is 9.47 Å². The molecule has 0 bridgehead atoms. The van der Waals surface area contributed by atoms with Crippen LogP contribution in [0.1, 0.15) is 37.7 Å². The first-order valence-electron chi connectivity index (χ1n) is 8.08. The molecule has 1 aliphatic rings. The van der Waals surface area contributed by atoms with Crippen molar-refractivity contribution in [1.82, 2.24) is 5.23 Å². The van der Waals surface area contributed by atoms with Gasteiger partial charge in [0.25, 0.3) is 0 Å². The number of hydrogen-bond donors (Lipinski definition) is 1. The summed E-state index contributed by atoms with van der Waals surface area (Å²) in [6, 6.07) is 5.55. The smallest absolute Gasteiger partial charge is 0.303 e. The predicted molar refractivity (Wildman–Crippen MR) is 94.7 cm³/mol. The van der Waals surface area contributed by atoms with Crippen LogP contribution in [0.25, 0.3) is 6.08 Å². The largest absolute Gasteiger partial charge is 0.497 e. The molecule has 7 nitrogen and oxygen atoms in total. The standard InChI is InChI=1S/C17H23NO6S/c1-21-14-9-8-13(15(12-14)22-2)11-17-23-18(24-25-17)10-6-4-3-5-7-16(19)20/h8-9,11-12H,3-7,10H2,1-2H3,(H,19,20)/b17-11-. The number of aliphatic carboxylic acids is 1. The maximum absolute atomic E-state index is 10.4. The normalized spacial score (nSPS) is 16.0. The zero-order chi connectivity index (χ0) is 18.1. The zero-order valence-electron chi connectivity index (χ0n) is 14.4. The van der Waals surface area contributed by atoms with E-state index >= 15 is 0 Å². The number of unbranched alkanes of at least 4 members (excludes halogenated alkanes) is 3. The molecule has 0 saturated carbocycles. The molecule has 1 saturated heterocycles. The second-order valence-electron chi connectivity index (χ2n) is 5.43. The minimum Gasteiger partial charge on any atom is -0.497 e. The highest BCUT2D eigenvalue weighted by Gasteiger charge is 2.21. The van der Waals surface area contributed by atoms with E-state index in [1.165, 1.54) is 5.23 Å². The molecule has 1 N–H and O–H groups in total. The molecule has 1 aromatic carbocycles. The maximum Gasteiger partial charge on any atom is 0.303 e. The van der Waals surface area contributed by atoms with Crippen LogP contribution in [-0.4, -0.2) is 37.1 Å². The van der Waals surface area contributed by atoms with Gasteiger partial charge in [0.15, 0.2) is 0 Å². The fourth-order valence-electron chi connectivity index (χ4n) is 2.28. The molecule has 8 heteroatoms. The maximum atomic E-state index is 10.4. The van der Waals surface area contributed by atoms with Gasteiger partial charge in [-0.3, -0.25) is 4.79 Å². The molecule has 1 fully saturated rings. The summed E-state index contributed by atoms with van der Waals surface area (Å²) >= 11 is 1.15. The lowest BCUT2D eigenvalue weighted by atomic mass is 10.1. The van der Waals surface area contributed by atoms with Crippen LogP contribution in [0.3, 0.4) is 0 Å². The molecule has 25 heavy (non-hydrogen) atoms. The van der Waals surface area contributed by atoms with E-state index in [0.29, 0.717) is 23.8 Å². The molecule has 0 aliphatic carbocycles. The summed E-state index contributed by atoms with van der Waals surface area (Å²) in [7, 11) is 3.21. The first kappa shape index (κ1) is 19.4. The fourth-order valence-corrected chi connectivity index (χ4v) is 2.83. The number of ether oxygens (including phenoxy) is 2. The van der Waals surface area contributed by atoms with Gasteiger partial charge in [-0.1, -0.05) is 12.8 Å². The molecular formula is C17H23NO6S. The molecule has 2 rings (SSSR count). The molecule has 0 atom stereocenters. The summed E-state index contributed by atoms with van der Waals surface area (Å²) in [6.45, 7) is 0.622. The molecule has 0 radical (unpaired) electrons. The van der Waals surface area contributed by atoms with Crippen LogP contribution in [0.2, 0.25) is 0 Å². The number of methoxy groups -OCH3 is 2. The van der Waals surface area contributed by atoms with Gasteiger partial charge < -0.3 is 19.4 Å². The van der Waals surface area contributed by atoms with E-state index in [4.69, 9.17) is 23.7 Å². The lowest BCUT2D eigenvalue weighted by Crippen LogP contribution is -2.16. The van der Waals surface area contributed by atoms with E-state index in [1.54, 1.807) is 14.2 Å². The van der Waals surface area contributed by atoms with Crippen LogP contribution in [0.15, 0.2) is 23.3 Å². The number of carbonyl (C=O) groups is 1. The van der Waals surface area contributed by atoms with Crippen molar-refractivity contribution in [2.75, 3.05) is 20.8 Å². The second-order valence-corrected chi connectivity index (χ2v) is 6.15. The van der Waals surface area contributed by atoms with E-state index in [-0.39, 0.29) is 6.42 Å². The molecule has 0 aromatic heterocycles. The second kappa shape index (κ2) is 10.2. The first-order chi connectivity index (χ1) is 12.1. The Kier molecular flexibility index (Phi) is 7.90. The third kappa shape index (κ3) is 6.49. The van der Waals surface area contributed by atoms with Crippen molar-refractivity contribution in [1.29, 1.82) is 0 Å². The molecule has 138 valence electrons. The number of benzene rings is 1. The number of hydroxylamine groups is 2. The van der Waals surface area contributed by atoms with E-state index in [1.807, 2.05) is 24.3 Å². The minimum atomic E-state index is -0.744. The van der Waals surface area contributed by atoms with Gasteiger partial charge in [0, 0.05) is 24.1 Å². The Labute approximate surface area is 151 Å². The van der Waals surface area contributed by atoms with Crippen molar-refractivity contribution in [2.45, 2.75) is 32.1 Å². The van der Waals surface area contributed by atoms with Crippen LogP contribution in [-0.2, 0) is 13.9 Å². The Morgan fingerprint density at radius 3 is 2.76 bits per heavy atom. The quantitative estimate of drug-likeness (QED) is 0.492. The van der Waals surface area contributed by atoms with Crippen molar-refractivity contribution in [3.63, 3.8) is 0 Å². The van der Waals surface area contributed by atoms with Gasteiger partial charge in [-0.15, -0.1) is 0 Å². The summed E-state index contributed by atoms with van der Waals surface area (Å²) in [5.74, 6) is 0.666. The van der Waals surface area contributed by atoms with E-state index in [9.17, 15) is 4.79 Å². The summed E-state index contributed by atoms with van der Waals surface area (Å²) in [6.07, 6.45) is 5.47. The van der Waals surface area contributed by atoms with Crippen molar-refractivity contribution >= 4 is 24.1 Å². The highest BCUT2D eigenvalue weighted by atomic mass is 32.2. The average Bonchev–Trinajstić information content (AvgIpc) is 3.05. The molecular weight excluding hydrogens is 346 g/mol. The van der Waals surface area contributed by atoms with E-state index in [0.717, 1.165) is 42.6 Å². The van der Waals surface area contributed by atoms with Crippen molar-refractivity contribution < 1.29 is 28.5 Å². The van der Waals surface area contributed by atoms with Gasteiger partial charge in [0.2, 0.25) is 5.09 Å². The Morgan fingerprint density at radius 2 is 2.04 bits per heavy atom. The third-order valence-corrected chi connectivity index (χ3v) is 4.19. The van der Waals surface area contributed by atoms with Crippen LogP contribution in [0.5, 0.6) is 11.5 Å². The van der Waals surface area contributed by atoms with Gasteiger partial charge in [-0.25, -0.2) is 0 Å². The molecule has 0 spiro atoms. The number of carboxylic acid groups (broad SMARTS) is 1. The third-order valence-electron chi connectivity index (χ3n) is 3.59. The highest BCUT2D eigenvalue weighted by Crippen LogP contribution is 2.34. The molecule has 0 amide bonds. The molecule has 1 aromatic rings. The Bertz CT molecular complexity index is 607. The summed E-state index contributed by atoms with van der Waals surface area (Å²) in [5.41, 5.74) is 0.866. The Hall–Kier alpha value is -1.90. The number of carboxylic acids is 1. The Morgan fingerprint density at radius 1 is 1.24 bits per heavy atom. The summed E-state index contributed by atoms with van der Waals surface area (Å²) in [5, 5.41) is 10.6. The zero-order valence-corrected chi connectivity index (χ0v) is 15.2. The summed E-state index contributed by atoms with van der Waals surface area (Å²) in [4.78, 5) is 16.1. The fraction of sp³-hybridized carbons (Fsp3) is 0.471. The monoisotopic (exact) mass is 369 g/mol. The number of nitrogens with zero attached hydrogens (tertiary/aromatic N) is 1. The van der Waals surface area contributed by atoms with Gasteiger partial charge in [0.05, 0.1) is 32.8 Å². The average molecular weight is 369 g/mol. The van der Waals surface area contributed by atoms with E-state index < -0.39 is 5.97 Å². The lowest BCUT2D eigenvalue weighted by Gasteiger charge is -2.10. The Balaban J connectivity index is 1.78. The van der Waals surface area contributed by atoms with Crippen molar-refractivity contribution in [3.05, 3.63) is 28.9 Å². The molecule has 1 heterocycles. The van der Waals surface area contributed by atoms with Gasteiger partial charge in [-0.05, 0) is 30.2 Å². The number of rotatable bonds is 10. The first-order valence-corrected chi connectivity index (χ1v) is 8.82. The highest BCUT2D eigenvalue weighted by molar-refractivity contribution is 7.98. The van der Waals surface area contributed by atoms with Gasteiger partial charge in [-0.2, -0.15) is 4.28 Å². The minimum absolute atomic E-state index is 0.225. The van der Waals surface area contributed by atoms with Crippen LogP contribution >= 0.6 is 12.0 Å². The predicted octanol–water partition coefficient (Wildman–Crippen LogP) is 3.86. The van der Waals surface area contributed by atoms with Crippen molar-refractivity contribution in [2.24, 2.45) is 0 Å². The van der Waals surface area contributed by atoms with Gasteiger partial charge in [0.1, 0.15) is 11.5 Å². The van der Waals surface area contributed by atoms with Crippen molar-refractivity contribution in [3.8, 4) is 11.5 Å². The molecule has 0 unspecified atom stereocenters. The van der Waals surface area contributed by atoms with Crippen LogP contribution in [0, 0.1) is 0 Å². The van der Waals surface area contributed by atoms with E-state index in [2.05, 4.69) is 0 Å². The van der Waals surface area contributed by atoms with Gasteiger partial charge >= 0.3 is 5.97 Å². The van der Waals surface area contributed by atoms with Crippen LogP contribution in [0.4, 0.5) is 0 Å². The molecule has 1 aliphatic heterocycles. The lowest BCUT2D eigenvalue weighted by molar-refractivity contribution is -0.259.